The highest BCUT2D eigenvalue weighted by Crippen LogP contribution is 2.23. The molecule has 78 valence electrons. The van der Waals surface area contributed by atoms with Crippen molar-refractivity contribution in [3.8, 4) is 0 Å². The van der Waals surface area contributed by atoms with Crippen LogP contribution in [0.1, 0.15) is 26.7 Å². The highest BCUT2D eigenvalue weighted by Gasteiger charge is 2.37. The second kappa shape index (κ2) is 2.99. The van der Waals surface area contributed by atoms with Crippen molar-refractivity contribution >= 4 is 17.6 Å². The summed E-state index contributed by atoms with van der Waals surface area (Å²) < 4.78 is 0. The molecule has 2 amide bonds. The van der Waals surface area contributed by atoms with Crippen molar-refractivity contribution in [3.05, 3.63) is 17.1 Å². The van der Waals surface area contributed by atoms with Crippen molar-refractivity contribution in [3.63, 3.8) is 0 Å². The predicted octanol–water partition coefficient (Wildman–Crippen LogP) is -1.26. The van der Waals surface area contributed by atoms with Gasteiger partial charge in [-0.2, -0.15) is 0 Å². The first-order valence-electron chi connectivity index (χ1n) is 4.25. The van der Waals surface area contributed by atoms with Crippen molar-refractivity contribution in [2.75, 3.05) is 12.8 Å². The number of nitrogen functional groups attached to an aromatic ring is 1. The monoisotopic (exact) mass is 207 g/mol. The van der Waals surface area contributed by atoms with Crippen molar-refractivity contribution in [2.24, 2.45) is 5.73 Å². The zero-order valence-corrected chi connectivity index (χ0v) is 8.02. The number of aromatic nitrogens is 2. The number of hydrogen-bond acceptors (Lipinski definition) is 6. The first-order valence-corrected chi connectivity index (χ1v) is 4.25. The highest BCUT2D eigenvalue weighted by atomic mass is 16.2. The van der Waals surface area contributed by atoms with Crippen molar-refractivity contribution in [1.29, 1.82) is 0 Å². The lowest BCUT2D eigenvalue weighted by molar-refractivity contribution is 0.0691. The van der Waals surface area contributed by atoms with E-state index in [1.54, 1.807) is 0 Å². The SMILES string of the molecule is CN1C(=O)c2nc(CN)nc(N)c2C1=O. The Balaban J connectivity index is 2.69. The Hall–Kier alpha value is -2.02. The number of fused-ring (bicyclic) bond motifs is 1. The molecule has 4 N–H and O–H groups in total. The van der Waals surface area contributed by atoms with E-state index in [4.69, 9.17) is 11.5 Å². The van der Waals surface area contributed by atoms with Crippen molar-refractivity contribution in [1.82, 2.24) is 14.9 Å². The van der Waals surface area contributed by atoms with Gasteiger partial charge in [0.1, 0.15) is 22.9 Å². The number of carbonyl (C=O) groups excluding carboxylic acids is 2. The van der Waals surface area contributed by atoms with Crippen molar-refractivity contribution in [2.45, 2.75) is 6.54 Å². The normalized spacial score (nSPS) is 14.7. The van der Waals surface area contributed by atoms with E-state index in [-0.39, 0.29) is 29.4 Å². The fourth-order valence-corrected chi connectivity index (χ4v) is 1.40. The maximum Gasteiger partial charge on any atom is 0.280 e. The van der Waals surface area contributed by atoms with E-state index < -0.39 is 11.8 Å². The lowest BCUT2D eigenvalue weighted by Crippen LogP contribution is -2.24. The summed E-state index contributed by atoms with van der Waals surface area (Å²) in [4.78, 5) is 31.8. The van der Waals surface area contributed by atoms with E-state index in [2.05, 4.69) is 9.97 Å². The zero-order valence-electron chi connectivity index (χ0n) is 8.02. The average Bonchev–Trinajstić information content (AvgIpc) is 2.44. The third kappa shape index (κ3) is 1.17. The van der Waals surface area contributed by atoms with Gasteiger partial charge in [-0.3, -0.25) is 14.5 Å². The fraction of sp³-hybridized carbons (Fsp3) is 0.250. The molecule has 7 nitrogen and oxygen atoms in total. The van der Waals surface area contributed by atoms with Crippen LogP contribution in [0.5, 0.6) is 0 Å². The van der Waals surface area contributed by atoms with E-state index in [0.29, 0.717) is 0 Å². The lowest BCUT2D eigenvalue weighted by atomic mass is 10.2. The first-order chi connectivity index (χ1) is 7.06. The standard InChI is InChI=1S/C8H9N5O2/c1-13-7(14)4-5(8(13)15)11-3(2-9)12-6(4)10/h2,9H2,1H3,(H2,10,11,12). The Kier molecular flexibility index (Phi) is 1.90. The zero-order chi connectivity index (χ0) is 11.2. The van der Waals surface area contributed by atoms with Gasteiger partial charge in [0.2, 0.25) is 0 Å². The molecule has 15 heavy (non-hydrogen) atoms. The number of carbonyl (C=O) groups is 2. The Bertz CT molecular complexity index is 470. The smallest absolute Gasteiger partial charge is 0.280 e. The summed E-state index contributed by atoms with van der Waals surface area (Å²) in [5.74, 6) is -0.694. The molecule has 0 atom stereocenters. The fourth-order valence-electron chi connectivity index (χ4n) is 1.40. The number of imide groups is 1. The summed E-state index contributed by atoms with van der Waals surface area (Å²) >= 11 is 0. The van der Waals surface area contributed by atoms with Gasteiger partial charge in [-0.05, 0) is 0 Å². The molecule has 0 bridgehead atoms. The summed E-state index contributed by atoms with van der Waals surface area (Å²) in [6.45, 7) is 0.0721. The third-order valence-electron chi connectivity index (χ3n) is 2.19. The molecule has 2 rings (SSSR count). The van der Waals surface area contributed by atoms with Crippen LogP contribution in [0.2, 0.25) is 0 Å². The molecule has 1 aromatic heterocycles. The predicted molar refractivity (Wildman–Crippen MR) is 50.8 cm³/mol. The van der Waals surface area contributed by atoms with E-state index in [0.717, 1.165) is 4.90 Å². The van der Waals surface area contributed by atoms with Crippen LogP contribution in [-0.4, -0.2) is 33.7 Å². The summed E-state index contributed by atoms with van der Waals surface area (Å²) in [5, 5.41) is 0. The van der Waals surface area contributed by atoms with Gasteiger partial charge in [-0.1, -0.05) is 0 Å². The molecule has 0 spiro atoms. The topological polar surface area (TPSA) is 115 Å². The molecule has 1 aromatic rings. The van der Waals surface area contributed by atoms with Crippen LogP contribution in [0.25, 0.3) is 0 Å². The molecule has 0 saturated heterocycles. The third-order valence-corrected chi connectivity index (χ3v) is 2.19. The quantitative estimate of drug-likeness (QED) is 0.555. The molecule has 2 heterocycles. The minimum absolute atomic E-state index is 0.00292. The van der Waals surface area contributed by atoms with Gasteiger partial charge in [-0.15, -0.1) is 0 Å². The molecular weight excluding hydrogens is 198 g/mol. The maximum absolute atomic E-state index is 11.5. The maximum atomic E-state index is 11.5. The van der Waals surface area contributed by atoms with Crippen LogP contribution >= 0.6 is 0 Å². The number of amides is 2. The van der Waals surface area contributed by atoms with Gasteiger partial charge in [0.15, 0.2) is 0 Å². The summed E-state index contributed by atoms with van der Waals surface area (Å²) in [5.41, 5.74) is 11.0. The second-order valence-corrected chi connectivity index (χ2v) is 3.12. The number of nitrogens with zero attached hydrogens (tertiary/aromatic N) is 3. The van der Waals surface area contributed by atoms with Crippen LogP contribution in [0.15, 0.2) is 0 Å². The molecular formula is C8H9N5O2. The van der Waals surface area contributed by atoms with E-state index >= 15 is 0 Å². The van der Waals surface area contributed by atoms with E-state index in [1.807, 2.05) is 0 Å². The lowest BCUT2D eigenvalue weighted by Gasteiger charge is -2.02. The largest absolute Gasteiger partial charge is 0.383 e. The summed E-state index contributed by atoms with van der Waals surface area (Å²) in [6.07, 6.45) is 0. The molecule has 0 aliphatic carbocycles. The molecule has 0 radical (unpaired) electrons. The highest BCUT2D eigenvalue weighted by molar-refractivity contribution is 6.22. The minimum atomic E-state index is -0.476. The first kappa shape index (κ1) is 9.53. The van der Waals surface area contributed by atoms with E-state index in [9.17, 15) is 9.59 Å². The molecule has 0 aromatic carbocycles. The van der Waals surface area contributed by atoms with Gasteiger partial charge in [-0.25, -0.2) is 9.97 Å². The van der Waals surface area contributed by atoms with Gasteiger partial charge in [0.05, 0.1) is 6.54 Å². The molecule has 1 aliphatic heterocycles. The minimum Gasteiger partial charge on any atom is -0.383 e. The van der Waals surface area contributed by atoms with Gasteiger partial charge in [0.25, 0.3) is 11.8 Å². The Morgan fingerprint density at radius 1 is 1.27 bits per heavy atom. The molecule has 7 heteroatoms. The molecule has 1 aliphatic rings. The van der Waals surface area contributed by atoms with Crippen LogP contribution < -0.4 is 11.5 Å². The van der Waals surface area contributed by atoms with Gasteiger partial charge in [0, 0.05) is 7.05 Å². The van der Waals surface area contributed by atoms with Gasteiger partial charge < -0.3 is 11.5 Å². The Morgan fingerprint density at radius 3 is 2.53 bits per heavy atom. The molecule has 0 unspecified atom stereocenters. The summed E-state index contributed by atoms with van der Waals surface area (Å²) in [7, 11) is 1.37. The van der Waals surface area contributed by atoms with Crippen molar-refractivity contribution < 1.29 is 9.59 Å². The number of rotatable bonds is 1. The summed E-state index contributed by atoms with van der Waals surface area (Å²) in [6, 6.07) is 0. The number of hydrogen-bond donors (Lipinski definition) is 2. The van der Waals surface area contributed by atoms with Crippen LogP contribution in [0.3, 0.4) is 0 Å². The van der Waals surface area contributed by atoms with E-state index in [1.165, 1.54) is 7.05 Å². The average molecular weight is 207 g/mol. The van der Waals surface area contributed by atoms with Gasteiger partial charge >= 0.3 is 0 Å². The van der Waals surface area contributed by atoms with Crippen LogP contribution in [0.4, 0.5) is 5.82 Å². The van der Waals surface area contributed by atoms with Crippen LogP contribution in [-0.2, 0) is 6.54 Å². The Morgan fingerprint density at radius 2 is 1.93 bits per heavy atom. The Labute approximate surface area is 85.1 Å². The number of anilines is 1. The molecule has 0 saturated carbocycles. The number of nitrogens with two attached hydrogens (primary N) is 2. The van der Waals surface area contributed by atoms with Crippen LogP contribution in [0, 0.1) is 0 Å². The second-order valence-electron chi connectivity index (χ2n) is 3.12. The molecule has 0 fully saturated rings.